The van der Waals surface area contributed by atoms with E-state index in [2.05, 4.69) is 4.90 Å². The Morgan fingerprint density at radius 3 is 2.89 bits per heavy atom. The molecule has 2 rings (SSSR count). The second-order valence-corrected chi connectivity index (χ2v) is 6.71. The number of thiophene rings is 1. The van der Waals surface area contributed by atoms with Gasteiger partial charge in [0.1, 0.15) is 0 Å². The van der Waals surface area contributed by atoms with Crippen molar-refractivity contribution in [2.24, 2.45) is 0 Å². The van der Waals surface area contributed by atoms with Crippen LogP contribution in [0.1, 0.15) is 28.6 Å². The SMILES string of the molecule is CC(=O)c1cc(CN2CC[C@@](O)(CN(C)C)C2)cs1. The van der Waals surface area contributed by atoms with Crippen LogP contribution in [0.5, 0.6) is 0 Å². The molecule has 0 aromatic carbocycles. The Hall–Kier alpha value is -0.750. The van der Waals surface area contributed by atoms with Crippen molar-refractivity contribution in [1.29, 1.82) is 0 Å². The molecule has 2 heterocycles. The van der Waals surface area contributed by atoms with E-state index in [1.807, 2.05) is 30.4 Å². The molecular formula is C14H22N2O2S. The summed E-state index contributed by atoms with van der Waals surface area (Å²) in [5.74, 6) is 0.127. The van der Waals surface area contributed by atoms with Gasteiger partial charge in [0.2, 0.25) is 0 Å². The van der Waals surface area contributed by atoms with Crippen LogP contribution in [0.2, 0.25) is 0 Å². The van der Waals surface area contributed by atoms with Crippen LogP contribution in [0.25, 0.3) is 0 Å². The van der Waals surface area contributed by atoms with Crippen LogP contribution in [-0.4, -0.2) is 60.0 Å². The number of ketones is 1. The van der Waals surface area contributed by atoms with Gasteiger partial charge >= 0.3 is 0 Å². The Bertz CT molecular complexity index is 458. The van der Waals surface area contributed by atoms with E-state index in [1.165, 1.54) is 16.9 Å². The predicted molar refractivity (Wildman–Crippen MR) is 77.7 cm³/mol. The zero-order valence-electron chi connectivity index (χ0n) is 11.8. The molecule has 0 radical (unpaired) electrons. The highest BCUT2D eigenvalue weighted by Crippen LogP contribution is 2.25. The first-order valence-corrected chi connectivity index (χ1v) is 7.44. The molecule has 0 spiro atoms. The first-order chi connectivity index (χ1) is 8.88. The first-order valence-electron chi connectivity index (χ1n) is 6.56. The standard InChI is InChI=1S/C14H22N2O2S/c1-11(17)13-6-12(8-19-13)7-16-5-4-14(18,10-16)9-15(2)3/h6,8,18H,4-5,7,9-10H2,1-3H3/t14-/m1/s1. The van der Waals surface area contributed by atoms with E-state index < -0.39 is 5.60 Å². The van der Waals surface area contributed by atoms with Crippen LogP contribution >= 0.6 is 11.3 Å². The van der Waals surface area contributed by atoms with Crippen molar-refractivity contribution < 1.29 is 9.90 Å². The number of hydrogen-bond donors (Lipinski definition) is 1. The molecule has 19 heavy (non-hydrogen) atoms. The Labute approximate surface area is 118 Å². The fourth-order valence-corrected chi connectivity index (χ4v) is 3.50. The Morgan fingerprint density at radius 1 is 1.58 bits per heavy atom. The van der Waals surface area contributed by atoms with E-state index in [0.717, 1.165) is 24.4 Å². The first kappa shape index (κ1) is 14.7. The molecule has 1 N–H and O–H groups in total. The van der Waals surface area contributed by atoms with E-state index in [-0.39, 0.29) is 5.78 Å². The van der Waals surface area contributed by atoms with Gasteiger partial charge in [-0.25, -0.2) is 0 Å². The highest BCUT2D eigenvalue weighted by molar-refractivity contribution is 7.12. The van der Waals surface area contributed by atoms with E-state index in [4.69, 9.17) is 0 Å². The third-order valence-electron chi connectivity index (χ3n) is 3.43. The van der Waals surface area contributed by atoms with Crippen LogP contribution in [0.15, 0.2) is 11.4 Å². The summed E-state index contributed by atoms with van der Waals surface area (Å²) in [5.41, 5.74) is 0.576. The van der Waals surface area contributed by atoms with Crippen LogP contribution < -0.4 is 0 Å². The lowest BCUT2D eigenvalue weighted by molar-refractivity contribution is 0.0240. The topological polar surface area (TPSA) is 43.8 Å². The second-order valence-electron chi connectivity index (χ2n) is 5.80. The maximum absolute atomic E-state index is 11.3. The summed E-state index contributed by atoms with van der Waals surface area (Å²) < 4.78 is 0. The zero-order chi connectivity index (χ0) is 14.0. The largest absolute Gasteiger partial charge is 0.387 e. The zero-order valence-corrected chi connectivity index (χ0v) is 12.7. The molecule has 1 fully saturated rings. The van der Waals surface area contributed by atoms with Crippen molar-refractivity contribution in [3.05, 3.63) is 21.9 Å². The lowest BCUT2D eigenvalue weighted by Gasteiger charge is -2.26. The number of carbonyl (C=O) groups is 1. The van der Waals surface area contributed by atoms with E-state index in [0.29, 0.717) is 13.1 Å². The van der Waals surface area contributed by atoms with E-state index >= 15 is 0 Å². The highest BCUT2D eigenvalue weighted by atomic mass is 32.1. The minimum Gasteiger partial charge on any atom is -0.387 e. The van der Waals surface area contributed by atoms with E-state index in [1.54, 1.807) is 6.92 Å². The summed E-state index contributed by atoms with van der Waals surface area (Å²) in [7, 11) is 3.97. The van der Waals surface area contributed by atoms with Gasteiger partial charge in [-0.1, -0.05) is 0 Å². The molecule has 1 atom stereocenters. The molecule has 1 aromatic heterocycles. The monoisotopic (exact) mass is 282 g/mol. The molecule has 1 aromatic rings. The van der Waals surface area contributed by atoms with Gasteiger partial charge in [0.25, 0.3) is 0 Å². The van der Waals surface area contributed by atoms with Gasteiger partial charge in [-0.05, 0) is 44.4 Å². The lowest BCUT2D eigenvalue weighted by Crippen LogP contribution is -2.42. The van der Waals surface area contributed by atoms with Crippen molar-refractivity contribution in [1.82, 2.24) is 9.80 Å². The van der Waals surface area contributed by atoms with Gasteiger partial charge in [0, 0.05) is 26.2 Å². The van der Waals surface area contributed by atoms with Crippen molar-refractivity contribution in [2.75, 3.05) is 33.7 Å². The molecule has 1 saturated heterocycles. The Balaban J connectivity index is 1.92. The fourth-order valence-electron chi connectivity index (χ4n) is 2.69. The number of nitrogens with zero attached hydrogens (tertiary/aromatic N) is 2. The van der Waals surface area contributed by atoms with Gasteiger partial charge in [-0.2, -0.15) is 0 Å². The normalized spacial score (nSPS) is 24.3. The number of hydrogen-bond acceptors (Lipinski definition) is 5. The molecule has 0 aliphatic carbocycles. The molecule has 0 bridgehead atoms. The fraction of sp³-hybridized carbons (Fsp3) is 0.643. The number of aliphatic hydroxyl groups is 1. The van der Waals surface area contributed by atoms with Gasteiger partial charge in [-0.15, -0.1) is 11.3 Å². The molecule has 0 unspecified atom stereocenters. The number of carbonyl (C=O) groups excluding carboxylic acids is 1. The minimum atomic E-state index is -0.594. The quantitative estimate of drug-likeness (QED) is 0.830. The summed E-state index contributed by atoms with van der Waals surface area (Å²) in [5, 5.41) is 12.5. The molecule has 0 saturated carbocycles. The molecule has 1 aliphatic rings. The minimum absolute atomic E-state index is 0.127. The third kappa shape index (κ3) is 3.86. The summed E-state index contributed by atoms with van der Waals surface area (Å²) in [6, 6.07) is 1.97. The smallest absolute Gasteiger partial charge is 0.169 e. The number of Topliss-reactive ketones (excluding diaryl/α,β-unsaturated/α-hetero) is 1. The summed E-state index contributed by atoms with van der Waals surface area (Å²) >= 11 is 1.50. The Kier molecular flexibility index (Phi) is 4.40. The van der Waals surface area contributed by atoms with Crippen molar-refractivity contribution in [2.45, 2.75) is 25.5 Å². The van der Waals surface area contributed by atoms with Crippen LogP contribution in [-0.2, 0) is 6.54 Å². The molecule has 4 nitrogen and oxygen atoms in total. The Morgan fingerprint density at radius 2 is 2.32 bits per heavy atom. The van der Waals surface area contributed by atoms with Crippen LogP contribution in [0.3, 0.4) is 0 Å². The number of likely N-dealkylation sites (tertiary alicyclic amines) is 1. The van der Waals surface area contributed by atoms with Gasteiger partial charge < -0.3 is 10.0 Å². The maximum atomic E-state index is 11.3. The van der Waals surface area contributed by atoms with Crippen molar-refractivity contribution in [3.63, 3.8) is 0 Å². The van der Waals surface area contributed by atoms with Crippen LogP contribution in [0, 0.1) is 0 Å². The molecule has 5 heteroatoms. The third-order valence-corrected chi connectivity index (χ3v) is 4.51. The van der Waals surface area contributed by atoms with Gasteiger partial charge in [0.15, 0.2) is 5.78 Å². The molecule has 0 amide bonds. The van der Waals surface area contributed by atoms with E-state index in [9.17, 15) is 9.90 Å². The van der Waals surface area contributed by atoms with Crippen LogP contribution in [0.4, 0.5) is 0 Å². The predicted octanol–water partition coefficient (Wildman–Crippen LogP) is 1.45. The van der Waals surface area contributed by atoms with Gasteiger partial charge in [0.05, 0.1) is 10.5 Å². The second kappa shape index (κ2) is 5.71. The summed E-state index contributed by atoms with van der Waals surface area (Å²) in [4.78, 5) is 16.4. The number of likely N-dealkylation sites (N-methyl/N-ethyl adjacent to an activating group) is 1. The summed E-state index contributed by atoms with van der Waals surface area (Å²) in [6.45, 7) is 4.73. The van der Waals surface area contributed by atoms with Gasteiger partial charge in [-0.3, -0.25) is 9.69 Å². The number of β-amino-alcohol motifs (C(OH)–C–C–N with tert-alkyl or cyclic N) is 1. The van der Waals surface area contributed by atoms with Crippen molar-refractivity contribution in [3.8, 4) is 0 Å². The molecule has 1 aliphatic heterocycles. The average molecular weight is 282 g/mol. The number of rotatable bonds is 5. The highest BCUT2D eigenvalue weighted by Gasteiger charge is 2.36. The summed E-state index contributed by atoms with van der Waals surface area (Å²) in [6.07, 6.45) is 0.814. The van der Waals surface area contributed by atoms with Crippen molar-refractivity contribution >= 4 is 17.1 Å². The molecule has 106 valence electrons. The maximum Gasteiger partial charge on any atom is 0.169 e. The molecular weight excluding hydrogens is 260 g/mol. The lowest BCUT2D eigenvalue weighted by atomic mass is 10.0. The average Bonchev–Trinajstić information content (AvgIpc) is 2.85.